The summed E-state index contributed by atoms with van der Waals surface area (Å²) in [5, 5.41) is 0.772. The fourth-order valence-electron chi connectivity index (χ4n) is 3.37. The van der Waals surface area contributed by atoms with E-state index in [4.69, 9.17) is 21.1 Å². The first-order chi connectivity index (χ1) is 13.1. The van der Waals surface area contributed by atoms with Gasteiger partial charge in [0, 0.05) is 37.7 Å². The quantitative estimate of drug-likeness (QED) is 0.761. The SMILES string of the molecule is COc1cccc(OC)c1C(=O)N1CCN(CCc2cccc(Cl)c2)CC1. The summed E-state index contributed by atoms with van der Waals surface area (Å²) in [6.45, 7) is 4.04. The van der Waals surface area contributed by atoms with Crippen LogP contribution in [-0.4, -0.2) is 62.7 Å². The third-order valence-corrected chi connectivity index (χ3v) is 5.14. The Balaban J connectivity index is 1.58. The van der Waals surface area contributed by atoms with E-state index in [0.29, 0.717) is 30.2 Å². The van der Waals surface area contributed by atoms with Crippen LogP contribution in [0.15, 0.2) is 42.5 Å². The number of amides is 1. The molecule has 0 atom stereocenters. The molecule has 0 spiro atoms. The lowest BCUT2D eigenvalue weighted by Crippen LogP contribution is -2.49. The molecule has 0 aromatic heterocycles. The van der Waals surface area contributed by atoms with Crippen molar-refractivity contribution in [3.63, 3.8) is 0 Å². The molecular weight excluding hydrogens is 364 g/mol. The van der Waals surface area contributed by atoms with Gasteiger partial charge >= 0.3 is 0 Å². The number of hydrogen-bond acceptors (Lipinski definition) is 4. The largest absolute Gasteiger partial charge is 0.496 e. The molecule has 144 valence electrons. The van der Waals surface area contributed by atoms with E-state index in [-0.39, 0.29) is 5.91 Å². The zero-order chi connectivity index (χ0) is 19.2. The van der Waals surface area contributed by atoms with Crippen molar-refractivity contribution in [1.82, 2.24) is 9.80 Å². The van der Waals surface area contributed by atoms with Gasteiger partial charge in [-0.25, -0.2) is 0 Å². The molecule has 0 saturated carbocycles. The fraction of sp³-hybridized carbons (Fsp3) is 0.381. The molecule has 0 radical (unpaired) electrons. The summed E-state index contributed by atoms with van der Waals surface area (Å²) in [5.41, 5.74) is 1.73. The van der Waals surface area contributed by atoms with E-state index in [0.717, 1.165) is 31.1 Å². The summed E-state index contributed by atoms with van der Waals surface area (Å²) in [6, 6.07) is 13.4. The topological polar surface area (TPSA) is 42.0 Å². The van der Waals surface area contributed by atoms with Crippen molar-refractivity contribution in [3.05, 3.63) is 58.6 Å². The van der Waals surface area contributed by atoms with Crippen LogP contribution in [0, 0.1) is 0 Å². The predicted octanol–water partition coefficient (Wildman–Crippen LogP) is 3.36. The van der Waals surface area contributed by atoms with Gasteiger partial charge in [0.1, 0.15) is 17.1 Å². The molecule has 1 aliphatic heterocycles. The van der Waals surface area contributed by atoms with Gasteiger partial charge < -0.3 is 14.4 Å². The molecule has 1 aliphatic rings. The Labute approximate surface area is 165 Å². The highest BCUT2D eigenvalue weighted by Crippen LogP contribution is 2.29. The first-order valence-corrected chi connectivity index (χ1v) is 9.47. The van der Waals surface area contributed by atoms with Crippen LogP contribution in [0.3, 0.4) is 0 Å². The van der Waals surface area contributed by atoms with E-state index >= 15 is 0 Å². The molecule has 5 nitrogen and oxygen atoms in total. The smallest absolute Gasteiger partial charge is 0.261 e. The molecule has 0 unspecified atom stereocenters. The average Bonchev–Trinajstić information content (AvgIpc) is 2.71. The second-order valence-electron chi connectivity index (χ2n) is 6.55. The van der Waals surface area contributed by atoms with Gasteiger partial charge in [-0.2, -0.15) is 0 Å². The van der Waals surface area contributed by atoms with Gasteiger partial charge in [0.25, 0.3) is 5.91 Å². The maximum Gasteiger partial charge on any atom is 0.261 e. The molecule has 0 bridgehead atoms. The number of carbonyl (C=O) groups is 1. The van der Waals surface area contributed by atoms with Gasteiger partial charge in [-0.1, -0.05) is 29.8 Å². The molecular formula is C21H25ClN2O3. The Kier molecular flexibility index (Phi) is 6.58. The monoisotopic (exact) mass is 388 g/mol. The summed E-state index contributed by atoms with van der Waals surface area (Å²) >= 11 is 6.05. The molecule has 0 aliphatic carbocycles. The highest BCUT2D eigenvalue weighted by Gasteiger charge is 2.26. The average molecular weight is 389 g/mol. The van der Waals surface area contributed by atoms with Crippen LogP contribution in [0.1, 0.15) is 15.9 Å². The number of piperazine rings is 1. The molecule has 1 fully saturated rings. The van der Waals surface area contributed by atoms with Crippen molar-refractivity contribution in [3.8, 4) is 11.5 Å². The first kappa shape index (κ1) is 19.5. The van der Waals surface area contributed by atoms with E-state index in [1.807, 2.05) is 29.2 Å². The number of rotatable bonds is 6. The molecule has 0 N–H and O–H groups in total. The van der Waals surface area contributed by atoms with Crippen molar-refractivity contribution in [1.29, 1.82) is 0 Å². The Hall–Kier alpha value is -2.24. The highest BCUT2D eigenvalue weighted by molar-refractivity contribution is 6.30. The standard InChI is InChI=1S/C21H25ClN2O3/c1-26-18-7-4-8-19(27-2)20(18)21(25)24-13-11-23(12-14-24)10-9-16-5-3-6-17(22)15-16/h3-8,15H,9-14H2,1-2H3. The molecule has 2 aromatic carbocycles. The van der Waals surface area contributed by atoms with E-state index in [9.17, 15) is 4.79 Å². The third-order valence-electron chi connectivity index (χ3n) is 4.91. The lowest BCUT2D eigenvalue weighted by molar-refractivity contribution is 0.0632. The Bertz CT molecular complexity index is 766. The number of benzene rings is 2. The van der Waals surface area contributed by atoms with E-state index in [1.54, 1.807) is 26.4 Å². The summed E-state index contributed by atoms with van der Waals surface area (Å²) in [5.74, 6) is 1.05. The number of ether oxygens (including phenoxy) is 2. The summed E-state index contributed by atoms with van der Waals surface area (Å²) in [6.07, 6.45) is 0.953. The maximum atomic E-state index is 13.0. The highest BCUT2D eigenvalue weighted by atomic mass is 35.5. The van der Waals surface area contributed by atoms with Gasteiger partial charge in [-0.05, 0) is 36.2 Å². The van der Waals surface area contributed by atoms with Gasteiger partial charge in [-0.15, -0.1) is 0 Å². The molecule has 6 heteroatoms. The van der Waals surface area contributed by atoms with Gasteiger partial charge in [0.15, 0.2) is 0 Å². The van der Waals surface area contributed by atoms with Gasteiger partial charge in [0.2, 0.25) is 0 Å². The minimum atomic E-state index is -0.0428. The lowest BCUT2D eigenvalue weighted by Gasteiger charge is -2.35. The zero-order valence-electron chi connectivity index (χ0n) is 15.8. The Morgan fingerprint density at radius 1 is 1.00 bits per heavy atom. The predicted molar refractivity (Wildman–Crippen MR) is 107 cm³/mol. The minimum absolute atomic E-state index is 0.0428. The Morgan fingerprint density at radius 2 is 1.63 bits per heavy atom. The van der Waals surface area contributed by atoms with E-state index in [2.05, 4.69) is 11.0 Å². The Morgan fingerprint density at radius 3 is 2.22 bits per heavy atom. The van der Waals surface area contributed by atoms with E-state index < -0.39 is 0 Å². The van der Waals surface area contributed by atoms with Crippen LogP contribution in [0.2, 0.25) is 5.02 Å². The number of nitrogens with zero attached hydrogens (tertiary/aromatic N) is 2. The van der Waals surface area contributed by atoms with Crippen LogP contribution in [-0.2, 0) is 6.42 Å². The van der Waals surface area contributed by atoms with Crippen LogP contribution in [0.4, 0.5) is 0 Å². The van der Waals surface area contributed by atoms with E-state index in [1.165, 1.54) is 5.56 Å². The molecule has 1 heterocycles. The number of hydrogen-bond donors (Lipinski definition) is 0. The van der Waals surface area contributed by atoms with Crippen LogP contribution in [0.5, 0.6) is 11.5 Å². The molecule has 3 rings (SSSR count). The fourth-order valence-corrected chi connectivity index (χ4v) is 3.59. The molecule has 1 saturated heterocycles. The molecule has 2 aromatic rings. The zero-order valence-corrected chi connectivity index (χ0v) is 16.5. The van der Waals surface area contributed by atoms with Crippen molar-refractivity contribution in [2.45, 2.75) is 6.42 Å². The number of carbonyl (C=O) groups excluding carboxylic acids is 1. The van der Waals surface area contributed by atoms with Gasteiger partial charge in [-0.3, -0.25) is 9.69 Å². The van der Waals surface area contributed by atoms with Crippen molar-refractivity contribution in [2.75, 3.05) is 46.9 Å². The summed E-state index contributed by atoms with van der Waals surface area (Å²) in [4.78, 5) is 17.3. The summed E-state index contributed by atoms with van der Waals surface area (Å²) < 4.78 is 10.7. The normalized spacial score (nSPS) is 14.9. The van der Waals surface area contributed by atoms with Crippen molar-refractivity contribution < 1.29 is 14.3 Å². The van der Waals surface area contributed by atoms with Crippen LogP contribution >= 0.6 is 11.6 Å². The summed E-state index contributed by atoms with van der Waals surface area (Å²) in [7, 11) is 3.14. The molecule has 1 amide bonds. The molecule has 27 heavy (non-hydrogen) atoms. The van der Waals surface area contributed by atoms with Crippen molar-refractivity contribution in [2.24, 2.45) is 0 Å². The number of methoxy groups -OCH3 is 2. The van der Waals surface area contributed by atoms with Crippen molar-refractivity contribution >= 4 is 17.5 Å². The van der Waals surface area contributed by atoms with Crippen LogP contribution in [0.25, 0.3) is 0 Å². The maximum absolute atomic E-state index is 13.0. The van der Waals surface area contributed by atoms with Crippen LogP contribution < -0.4 is 9.47 Å². The first-order valence-electron chi connectivity index (χ1n) is 9.09. The third kappa shape index (κ3) is 4.73. The van der Waals surface area contributed by atoms with Gasteiger partial charge in [0.05, 0.1) is 14.2 Å². The number of halogens is 1. The minimum Gasteiger partial charge on any atom is -0.496 e. The second-order valence-corrected chi connectivity index (χ2v) is 6.99. The lowest BCUT2D eigenvalue weighted by atomic mass is 10.1. The second kappa shape index (κ2) is 9.11.